The lowest BCUT2D eigenvalue weighted by molar-refractivity contribution is -0.141. The molecule has 4 rings (SSSR count). The predicted octanol–water partition coefficient (Wildman–Crippen LogP) is 2.87. The van der Waals surface area contributed by atoms with Gasteiger partial charge >= 0.3 is 5.97 Å². The fourth-order valence-corrected chi connectivity index (χ4v) is 3.73. The highest BCUT2D eigenvalue weighted by Crippen LogP contribution is 2.29. The van der Waals surface area contributed by atoms with Crippen LogP contribution in [-0.2, 0) is 9.53 Å². The van der Waals surface area contributed by atoms with Crippen molar-refractivity contribution in [2.75, 3.05) is 33.3 Å². The number of esters is 1. The number of amides is 2. The highest BCUT2D eigenvalue weighted by atomic mass is 16.6. The third-order valence-electron chi connectivity index (χ3n) is 5.57. The number of methoxy groups -OCH3 is 1. The van der Waals surface area contributed by atoms with Crippen LogP contribution in [0.25, 0.3) is 11.0 Å². The zero-order valence-corrected chi connectivity index (χ0v) is 18.1. The quantitative estimate of drug-likeness (QED) is 0.562. The fourth-order valence-electron chi connectivity index (χ4n) is 3.73. The Morgan fingerprint density at radius 1 is 1.06 bits per heavy atom. The van der Waals surface area contributed by atoms with E-state index < -0.39 is 12.1 Å². The molecule has 0 N–H and O–H groups in total. The largest absolute Gasteiger partial charge is 0.497 e. The lowest BCUT2D eigenvalue weighted by Crippen LogP contribution is -2.53. The van der Waals surface area contributed by atoms with Crippen molar-refractivity contribution < 1.29 is 32.7 Å². The summed E-state index contributed by atoms with van der Waals surface area (Å²) in [7, 11) is 1.56. The summed E-state index contributed by atoms with van der Waals surface area (Å²) >= 11 is 0. The Bertz CT molecular complexity index is 1140. The number of nitrogens with zero attached hydrogens (tertiary/aromatic N) is 2. The molecule has 0 saturated carbocycles. The number of fused-ring (bicyclic) bond motifs is 1. The van der Waals surface area contributed by atoms with Gasteiger partial charge in [0.15, 0.2) is 11.9 Å². The third kappa shape index (κ3) is 4.05. The number of hydrogen-bond acceptors (Lipinski definition) is 7. The van der Waals surface area contributed by atoms with E-state index in [1.54, 1.807) is 54.2 Å². The smallest absolute Gasteiger partial charge is 0.375 e. The van der Waals surface area contributed by atoms with Crippen molar-refractivity contribution >= 4 is 28.8 Å². The van der Waals surface area contributed by atoms with Crippen molar-refractivity contribution in [2.24, 2.45) is 0 Å². The van der Waals surface area contributed by atoms with E-state index in [1.165, 1.54) is 13.2 Å². The summed E-state index contributed by atoms with van der Waals surface area (Å²) in [4.78, 5) is 41.0. The molecule has 168 valence electrons. The minimum absolute atomic E-state index is 0.0572. The molecule has 9 heteroatoms. The van der Waals surface area contributed by atoms with Gasteiger partial charge < -0.3 is 28.1 Å². The fraction of sp³-hybridized carbons (Fsp3) is 0.348. The Labute approximate surface area is 184 Å². The number of carbonyl (C=O) groups excluding carboxylic acids is 3. The van der Waals surface area contributed by atoms with Gasteiger partial charge in [0.05, 0.1) is 13.4 Å². The van der Waals surface area contributed by atoms with Crippen LogP contribution >= 0.6 is 0 Å². The van der Waals surface area contributed by atoms with Gasteiger partial charge in [-0.05, 0) is 44.2 Å². The average molecular weight is 440 g/mol. The number of aryl methyl sites for hydroxylation is 1. The van der Waals surface area contributed by atoms with Crippen LogP contribution in [0.2, 0.25) is 0 Å². The van der Waals surface area contributed by atoms with Crippen molar-refractivity contribution in [3.63, 3.8) is 0 Å². The van der Waals surface area contributed by atoms with E-state index in [9.17, 15) is 14.4 Å². The number of benzene rings is 1. The molecule has 1 saturated heterocycles. The molecule has 1 fully saturated rings. The second-order valence-corrected chi connectivity index (χ2v) is 7.56. The second kappa shape index (κ2) is 8.78. The summed E-state index contributed by atoms with van der Waals surface area (Å²) < 4.78 is 21.4. The van der Waals surface area contributed by atoms with Crippen molar-refractivity contribution in [2.45, 2.75) is 20.0 Å². The molecule has 0 bridgehead atoms. The molecular formula is C23H24N2O7. The van der Waals surface area contributed by atoms with Crippen LogP contribution in [0.15, 0.2) is 45.4 Å². The first-order valence-corrected chi connectivity index (χ1v) is 10.3. The van der Waals surface area contributed by atoms with Crippen molar-refractivity contribution in [1.29, 1.82) is 0 Å². The Hall–Kier alpha value is -3.75. The molecule has 0 radical (unpaired) electrons. The standard InChI is InChI=1S/C23H24N2O7/c1-14-17-13-16(29-3)6-7-18(17)32-20(14)23(28)31-15(2)21(26)24-8-10-25(11-9-24)22(27)19-5-4-12-30-19/h4-7,12-13,15H,8-11H2,1-3H3/t15-/m0/s1. The lowest BCUT2D eigenvalue weighted by Gasteiger charge is -2.35. The highest BCUT2D eigenvalue weighted by molar-refractivity contribution is 5.97. The Balaban J connectivity index is 1.37. The topological polar surface area (TPSA) is 102 Å². The molecule has 32 heavy (non-hydrogen) atoms. The SMILES string of the molecule is COc1ccc2oc(C(=O)O[C@@H](C)C(=O)N3CCN(C(=O)c4ccco4)CC3)c(C)c2c1. The van der Waals surface area contributed by atoms with E-state index in [4.69, 9.17) is 18.3 Å². The maximum absolute atomic E-state index is 12.8. The van der Waals surface area contributed by atoms with Crippen LogP contribution in [0, 0.1) is 6.92 Å². The van der Waals surface area contributed by atoms with Crippen molar-refractivity contribution in [3.05, 3.63) is 53.7 Å². The van der Waals surface area contributed by atoms with Crippen LogP contribution in [0.1, 0.15) is 33.6 Å². The van der Waals surface area contributed by atoms with Gasteiger partial charge in [0.2, 0.25) is 5.76 Å². The minimum atomic E-state index is -0.989. The second-order valence-electron chi connectivity index (χ2n) is 7.56. The van der Waals surface area contributed by atoms with E-state index >= 15 is 0 Å². The predicted molar refractivity (Wildman–Crippen MR) is 114 cm³/mol. The molecule has 0 aliphatic carbocycles. The molecule has 1 aromatic carbocycles. The minimum Gasteiger partial charge on any atom is -0.497 e. The van der Waals surface area contributed by atoms with Gasteiger partial charge in [-0.3, -0.25) is 9.59 Å². The summed E-state index contributed by atoms with van der Waals surface area (Å²) in [6, 6.07) is 8.50. The number of ether oxygens (including phenoxy) is 2. The summed E-state index contributed by atoms with van der Waals surface area (Å²) in [5.74, 6) is -0.259. The van der Waals surface area contributed by atoms with Crippen molar-refractivity contribution in [3.8, 4) is 5.75 Å². The van der Waals surface area contributed by atoms with Crippen LogP contribution in [-0.4, -0.2) is 67.0 Å². The van der Waals surface area contributed by atoms with Crippen LogP contribution in [0.5, 0.6) is 5.75 Å². The lowest BCUT2D eigenvalue weighted by atomic mass is 10.1. The molecule has 1 atom stereocenters. The van der Waals surface area contributed by atoms with Gasteiger partial charge in [-0.15, -0.1) is 0 Å². The van der Waals surface area contributed by atoms with Crippen LogP contribution in [0.4, 0.5) is 0 Å². The molecule has 1 aliphatic heterocycles. The maximum Gasteiger partial charge on any atom is 0.375 e. The molecule has 0 spiro atoms. The molecule has 2 amide bonds. The van der Waals surface area contributed by atoms with Gasteiger partial charge in [0, 0.05) is 37.1 Å². The van der Waals surface area contributed by atoms with E-state index in [2.05, 4.69) is 0 Å². The molecule has 3 heterocycles. The summed E-state index contributed by atoms with van der Waals surface area (Å²) in [5.41, 5.74) is 1.15. The monoisotopic (exact) mass is 440 g/mol. The molecule has 1 aliphatic rings. The van der Waals surface area contributed by atoms with E-state index in [0.717, 1.165) is 5.39 Å². The van der Waals surface area contributed by atoms with Crippen LogP contribution in [0.3, 0.4) is 0 Å². The zero-order valence-electron chi connectivity index (χ0n) is 18.1. The number of furan rings is 2. The first kappa shape index (κ1) is 21.5. The Kier molecular flexibility index (Phi) is 5.89. The summed E-state index contributed by atoms with van der Waals surface area (Å²) in [6.07, 6.45) is 0.459. The maximum atomic E-state index is 12.8. The van der Waals surface area contributed by atoms with Gasteiger partial charge in [-0.25, -0.2) is 4.79 Å². The Morgan fingerprint density at radius 2 is 1.78 bits per heavy atom. The number of rotatable bonds is 5. The number of piperazine rings is 1. The van der Waals surface area contributed by atoms with E-state index in [-0.39, 0.29) is 23.3 Å². The summed E-state index contributed by atoms with van der Waals surface area (Å²) in [5, 5.41) is 0.743. The zero-order chi connectivity index (χ0) is 22.8. The number of hydrogen-bond donors (Lipinski definition) is 0. The Morgan fingerprint density at radius 3 is 2.44 bits per heavy atom. The molecular weight excluding hydrogens is 416 g/mol. The molecule has 2 aromatic heterocycles. The van der Waals surface area contributed by atoms with Crippen LogP contribution < -0.4 is 4.74 Å². The molecule has 3 aromatic rings. The third-order valence-corrected chi connectivity index (χ3v) is 5.57. The summed E-state index contributed by atoms with van der Waals surface area (Å²) in [6.45, 7) is 4.71. The normalized spacial score (nSPS) is 15.0. The van der Waals surface area contributed by atoms with Gasteiger partial charge in [0.25, 0.3) is 11.8 Å². The molecule has 9 nitrogen and oxygen atoms in total. The first-order valence-electron chi connectivity index (χ1n) is 10.3. The van der Waals surface area contributed by atoms with Gasteiger partial charge in [-0.2, -0.15) is 0 Å². The number of carbonyl (C=O) groups is 3. The van der Waals surface area contributed by atoms with Gasteiger partial charge in [0.1, 0.15) is 11.3 Å². The molecule has 0 unspecified atom stereocenters. The van der Waals surface area contributed by atoms with E-state index in [0.29, 0.717) is 43.1 Å². The first-order chi connectivity index (χ1) is 15.4. The van der Waals surface area contributed by atoms with Gasteiger partial charge in [-0.1, -0.05) is 0 Å². The van der Waals surface area contributed by atoms with E-state index in [1.807, 2.05) is 0 Å². The van der Waals surface area contributed by atoms with Crippen molar-refractivity contribution in [1.82, 2.24) is 9.80 Å². The highest BCUT2D eigenvalue weighted by Gasteiger charge is 2.31. The average Bonchev–Trinajstić information content (AvgIpc) is 3.46.